The van der Waals surface area contributed by atoms with E-state index in [1.165, 1.54) is 24.3 Å². The highest BCUT2D eigenvalue weighted by Gasteiger charge is 2.30. The molecule has 0 saturated heterocycles. The summed E-state index contributed by atoms with van der Waals surface area (Å²) in [6.45, 7) is 1.96. The van der Waals surface area contributed by atoms with E-state index in [4.69, 9.17) is 18.9 Å². The molecule has 0 atom stereocenters. The Balaban J connectivity index is 1.69. The molecule has 1 aliphatic rings. The van der Waals surface area contributed by atoms with Crippen molar-refractivity contribution in [3.8, 4) is 11.1 Å². The summed E-state index contributed by atoms with van der Waals surface area (Å²) in [5, 5.41) is 0. The van der Waals surface area contributed by atoms with Gasteiger partial charge in [0.15, 0.2) is 5.78 Å². The predicted molar refractivity (Wildman–Crippen MR) is 131 cm³/mol. The van der Waals surface area contributed by atoms with Crippen molar-refractivity contribution in [1.29, 1.82) is 0 Å². The van der Waals surface area contributed by atoms with Crippen LogP contribution in [0.1, 0.15) is 15.9 Å². The van der Waals surface area contributed by atoms with Gasteiger partial charge in [0.2, 0.25) is 20.0 Å². The lowest BCUT2D eigenvalue weighted by Crippen LogP contribution is -2.28. The van der Waals surface area contributed by atoms with Crippen LogP contribution in [-0.4, -0.2) is 89.6 Å². The number of rotatable bonds is 16. The monoisotopic (exact) mass is 542 g/mol. The highest BCUT2D eigenvalue weighted by atomic mass is 32.2. The van der Waals surface area contributed by atoms with Gasteiger partial charge in [0.25, 0.3) is 0 Å². The minimum atomic E-state index is -3.87. The van der Waals surface area contributed by atoms with Crippen LogP contribution in [0.3, 0.4) is 0 Å². The van der Waals surface area contributed by atoms with Crippen LogP contribution in [0, 0.1) is 0 Å². The van der Waals surface area contributed by atoms with E-state index in [-0.39, 0.29) is 47.2 Å². The van der Waals surface area contributed by atoms with Crippen molar-refractivity contribution in [1.82, 2.24) is 9.44 Å². The largest absolute Gasteiger partial charge is 0.382 e. The van der Waals surface area contributed by atoms with E-state index in [0.717, 1.165) is 0 Å². The molecule has 2 aromatic carbocycles. The van der Waals surface area contributed by atoms with E-state index in [2.05, 4.69) is 9.44 Å². The van der Waals surface area contributed by atoms with Crippen LogP contribution in [0.2, 0.25) is 0 Å². The van der Waals surface area contributed by atoms with Crippen LogP contribution < -0.4 is 9.44 Å². The van der Waals surface area contributed by atoms with Crippen molar-refractivity contribution >= 4 is 25.8 Å². The number of carbonyl (C=O) groups is 1. The first-order valence-electron chi connectivity index (χ1n) is 11.2. The summed E-state index contributed by atoms with van der Waals surface area (Å²) < 4.78 is 75.7. The number of hydrogen-bond donors (Lipinski definition) is 2. The van der Waals surface area contributed by atoms with Crippen molar-refractivity contribution in [2.45, 2.75) is 9.79 Å². The number of hydrogen-bond acceptors (Lipinski definition) is 9. The second-order valence-electron chi connectivity index (χ2n) is 7.75. The number of nitrogens with one attached hydrogen (secondary N) is 2. The van der Waals surface area contributed by atoms with Crippen molar-refractivity contribution in [3.63, 3.8) is 0 Å². The number of ether oxygens (including phenoxy) is 4. The van der Waals surface area contributed by atoms with E-state index >= 15 is 0 Å². The molecule has 0 bridgehead atoms. The average Bonchev–Trinajstić information content (AvgIpc) is 3.14. The molecule has 0 heterocycles. The van der Waals surface area contributed by atoms with Crippen LogP contribution >= 0.6 is 0 Å². The smallest absolute Gasteiger partial charge is 0.240 e. The standard InChI is InChI=1S/C23H30N2O9S2/c1-31-11-13-33-9-7-24-35(27,28)17-3-5-19-20-6-4-18(16-22(20)23(26)21(19)15-17)36(29,30)25-8-10-34-14-12-32-2/h3-6,15-16,24-25H,7-14H2,1-2H3. The van der Waals surface area contributed by atoms with Crippen molar-refractivity contribution < 1.29 is 40.6 Å². The molecular weight excluding hydrogens is 512 g/mol. The van der Waals surface area contributed by atoms with E-state index in [0.29, 0.717) is 37.6 Å². The maximum absolute atomic E-state index is 13.1. The fraction of sp³-hybridized carbons (Fsp3) is 0.435. The van der Waals surface area contributed by atoms with Gasteiger partial charge < -0.3 is 18.9 Å². The zero-order valence-electron chi connectivity index (χ0n) is 20.1. The Kier molecular flexibility index (Phi) is 10.1. The summed E-state index contributed by atoms with van der Waals surface area (Å²) in [6.07, 6.45) is 0. The first kappa shape index (κ1) is 28.3. The van der Waals surface area contributed by atoms with Gasteiger partial charge in [0.1, 0.15) is 0 Å². The Morgan fingerprint density at radius 2 is 1.03 bits per heavy atom. The average molecular weight is 543 g/mol. The SMILES string of the molecule is COCCOCCNS(=O)(=O)c1ccc2c(c1)C(=O)c1cc(S(=O)(=O)NCCOCCOC)ccc1-2. The fourth-order valence-corrected chi connectivity index (χ4v) is 5.60. The Labute approximate surface area is 211 Å². The van der Waals surface area contributed by atoms with Gasteiger partial charge in [-0.25, -0.2) is 26.3 Å². The van der Waals surface area contributed by atoms with E-state index in [1.807, 2.05) is 0 Å². The highest BCUT2D eigenvalue weighted by molar-refractivity contribution is 7.89. The first-order chi connectivity index (χ1) is 17.2. The minimum absolute atomic E-state index is 0.0585. The van der Waals surface area contributed by atoms with E-state index < -0.39 is 25.8 Å². The van der Waals surface area contributed by atoms with Gasteiger partial charge in [0, 0.05) is 38.4 Å². The van der Waals surface area contributed by atoms with Crippen molar-refractivity contribution in [2.24, 2.45) is 0 Å². The Morgan fingerprint density at radius 1 is 0.611 bits per heavy atom. The molecule has 2 aromatic rings. The number of benzene rings is 2. The number of methoxy groups -OCH3 is 2. The lowest BCUT2D eigenvalue weighted by molar-refractivity contribution is 0.0736. The van der Waals surface area contributed by atoms with Crippen LogP contribution in [0.25, 0.3) is 11.1 Å². The molecule has 0 aromatic heterocycles. The van der Waals surface area contributed by atoms with Gasteiger partial charge in [-0.05, 0) is 35.4 Å². The predicted octanol–water partition coefficient (Wildman–Crippen LogP) is 0.781. The first-order valence-corrected chi connectivity index (χ1v) is 14.1. The van der Waals surface area contributed by atoms with E-state index in [1.54, 1.807) is 26.4 Å². The minimum Gasteiger partial charge on any atom is -0.382 e. The molecule has 0 saturated carbocycles. The van der Waals surface area contributed by atoms with Gasteiger partial charge in [-0.15, -0.1) is 0 Å². The van der Waals surface area contributed by atoms with Gasteiger partial charge in [0.05, 0.1) is 49.4 Å². The van der Waals surface area contributed by atoms with Crippen LogP contribution in [0.5, 0.6) is 0 Å². The zero-order chi connectivity index (χ0) is 26.2. The molecule has 0 spiro atoms. The zero-order valence-corrected chi connectivity index (χ0v) is 21.7. The number of sulfonamides is 2. The molecule has 11 nitrogen and oxygen atoms in total. The molecule has 2 N–H and O–H groups in total. The third-order valence-electron chi connectivity index (χ3n) is 5.32. The molecule has 198 valence electrons. The topological polar surface area (TPSA) is 146 Å². The lowest BCUT2D eigenvalue weighted by atomic mass is 10.1. The maximum atomic E-state index is 13.1. The second kappa shape index (κ2) is 12.8. The number of ketones is 1. The van der Waals surface area contributed by atoms with Gasteiger partial charge in [-0.1, -0.05) is 12.1 Å². The molecule has 0 fully saturated rings. The lowest BCUT2D eigenvalue weighted by Gasteiger charge is -2.09. The number of carbonyl (C=O) groups excluding carboxylic acids is 1. The van der Waals surface area contributed by atoms with Crippen molar-refractivity contribution in [3.05, 3.63) is 47.5 Å². The van der Waals surface area contributed by atoms with E-state index in [9.17, 15) is 21.6 Å². The van der Waals surface area contributed by atoms with Crippen molar-refractivity contribution in [2.75, 3.05) is 67.0 Å². The summed E-state index contributed by atoms with van der Waals surface area (Å²) in [6, 6.07) is 8.51. The summed E-state index contributed by atoms with van der Waals surface area (Å²) >= 11 is 0. The quantitative estimate of drug-likeness (QED) is 0.251. The molecule has 13 heteroatoms. The van der Waals surface area contributed by atoms with Crippen LogP contribution in [-0.2, 0) is 39.0 Å². The highest BCUT2D eigenvalue weighted by Crippen LogP contribution is 2.38. The Morgan fingerprint density at radius 3 is 1.42 bits per heavy atom. The molecule has 0 amide bonds. The maximum Gasteiger partial charge on any atom is 0.240 e. The molecule has 0 radical (unpaired) electrons. The molecule has 3 rings (SSSR count). The number of fused-ring (bicyclic) bond motifs is 3. The second-order valence-corrected chi connectivity index (χ2v) is 11.3. The summed E-state index contributed by atoms with van der Waals surface area (Å²) in [4.78, 5) is 12.9. The van der Waals surface area contributed by atoms with Gasteiger partial charge >= 0.3 is 0 Å². The fourth-order valence-electron chi connectivity index (χ4n) is 3.52. The third kappa shape index (κ3) is 6.95. The van der Waals surface area contributed by atoms with Crippen LogP contribution in [0.15, 0.2) is 46.2 Å². The molecule has 36 heavy (non-hydrogen) atoms. The molecule has 0 unspecified atom stereocenters. The summed E-state index contributed by atoms with van der Waals surface area (Å²) in [5.41, 5.74) is 1.47. The van der Waals surface area contributed by atoms with Gasteiger partial charge in [-0.2, -0.15) is 0 Å². The Bertz CT molecular complexity index is 1180. The third-order valence-corrected chi connectivity index (χ3v) is 8.24. The molecular formula is C23H30N2O9S2. The molecule has 0 aliphatic heterocycles. The van der Waals surface area contributed by atoms with Crippen LogP contribution in [0.4, 0.5) is 0 Å². The normalized spacial score (nSPS) is 13.1. The molecule has 1 aliphatic carbocycles. The Hall–Kier alpha value is -2.23. The van der Waals surface area contributed by atoms with Gasteiger partial charge in [-0.3, -0.25) is 4.79 Å². The summed E-state index contributed by atoms with van der Waals surface area (Å²) in [7, 11) is -4.67. The summed E-state index contributed by atoms with van der Waals surface area (Å²) in [5.74, 6) is -0.445.